The van der Waals surface area contributed by atoms with Crippen molar-refractivity contribution < 1.29 is 14.7 Å². The highest BCUT2D eigenvalue weighted by molar-refractivity contribution is 5.97. The molecular weight excluding hydrogens is 258 g/mol. The van der Waals surface area contributed by atoms with E-state index in [4.69, 9.17) is 15.7 Å². The van der Waals surface area contributed by atoms with E-state index < -0.39 is 0 Å². The van der Waals surface area contributed by atoms with Crippen molar-refractivity contribution in [3.63, 3.8) is 0 Å². The molecule has 0 aliphatic rings. The molecule has 4 N–H and O–H groups in total. The number of methoxy groups -OCH3 is 1. The number of nitrogens with two attached hydrogens (primary N) is 1. The molecule has 1 aromatic rings. The Morgan fingerprint density at radius 2 is 2.10 bits per heavy atom. The first-order chi connectivity index (χ1) is 9.60. The Balaban J connectivity index is 2.58. The van der Waals surface area contributed by atoms with E-state index in [0.29, 0.717) is 12.2 Å². The Bertz CT molecular complexity index is 457. The van der Waals surface area contributed by atoms with Crippen molar-refractivity contribution in [2.24, 2.45) is 10.9 Å². The smallest absolute Gasteiger partial charge is 0.224 e. The summed E-state index contributed by atoms with van der Waals surface area (Å²) in [6, 6.07) is 7.02. The van der Waals surface area contributed by atoms with Crippen LogP contribution >= 0.6 is 0 Å². The third-order valence-electron chi connectivity index (χ3n) is 2.95. The number of amidine groups is 1. The molecule has 20 heavy (non-hydrogen) atoms. The van der Waals surface area contributed by atoms with Gasteiger partial charge in [0.1, 0.15) is 0 Å². The SMILES string of the molecule is CCC(COC)NC(=O)Cc1ccc(C(N)=NO)cc1. The van der Waals surface area contributed by atoms with Gasteiger partial charge in [-0.1, -0.05) is 36.3 Å². The molecule has 1 rings (SSSR count). The third kappa shape index (κ3) is 4.89. The van der Waals surface area contributed by atoms with Crippen LogP contribution in [0, 0.1) is 0 Å². The van der Waals surface area contributed by atoms with Gasteiger partial charge >= 0.3 is 0 Å². The summed E-state index contributed by atoms with van der Waals surface area (Å²) in [7, 11) is 1.61. The standard InChI is InChI=1S/C14H21N3O3/c1-3-12(9-20-2)16-13(18)8-10-4-6-11(7-5-10)14(15)17-19/h4-7,12,19H,3,8-9H2,1-2H3,(H2,15,17)(H,16,18). The normalized spacial score (nSPS) is 13.0. The fraction of sp³-hybridized carbons (Fsp3) is 0.429. The predicted molar refractivity (Wildman–Crippen MR) is 76.8 cm³/mol. The largest absolute Gasteiger partial charge is 0.409 e. The van der Waals surface area contributed by atoms with Gasteiger partial charge in [-0.25, -0.2) is 0 Å². The maximum atomic E-state index is 11.9. The molecule has 0 radical (unpaired) electrons. The van der Waals surface area contributed by atoms with Crippen molar-refractivity contribution in [3.05, 3.63) is 35.4 Å². The minimum Gasteiger partial charge on any atom is -0.409 e. The first-order valence-corrected chi connectivity index (χ1v) is 6.45. The lowest BCUT2D eigenvalue weighted by molar-refractivity contribution is -0.121. The molecule has 110 valence electrons. The zero-order valence-corrected chi connectivity index (χ0v) is 11.8. The number of oxime groups is 1. The Hall–Kier alpha value is -2.08. The van der Waals surface area contributed by atoms with Gasteiger partial charge in [0.05, 0.1) is 19.1 Å². The summed E-state index contributed by atoms with van der Waals surface area (Å²) in [5.74, 6) is -0.00223. The van der Waals surface area contributed by atoms with Crippen LogP contribution in [0.3, 0.4) is 0 Å². The lowest BCUT2D eigenvalue weighted by atomic mass is 10.1. The monoisotopic (exact) mass is 279 g/mol. The number of nitrogens with zero attached hydrogens (tertiary/aromatic N) is 1. The van der Waals surface area contributed by atoms with Crippen LogP contribution in [0.1, 0.15) is 24.5 Å². The molecule has 0 saturated carbocycles. The summed E-state index contributed by atoms with van der Waals surface area (Å²) in [5, 5.41) is 14.4. The summed E-state index contributed by atoms with van der Waals surface area (Å²) in [5.41, 5.74) is 6.95. The predicted octanol–water partition coefficient (Wildman–Crippen LogP) is 0.865. The highest BCUT2D eigenvalue weighted by atomic mass is 16.5. The van der Waals surface area contributed by atoms with Crippen LogP contribution in [-0.4, -0.2) is 36.7 Å². The van der Waals surface area contributed by atoms with Gasteiger partial charge in [-0.05, 0) is 12.0 Å². The zero-order chi connectivity index (χ0) is 15.0. The van der Waals surface area contributed by atoms with Gasteiger partial charge in [-0.3, -0.25) is 4.79 Å². The summed E-state index contributed by atoms with van der Waals surface area (Å²) in [6.45, 7) is 2.50. The van der Waals surface area contributed by atoms with Crippen LogP contribution in [0.4, 0.5) is 0 Å². The van der Waals surface area contributed by atoms with E-state index in [2.05, 4.69) is 10.5 Å². The molecule has 0 aromatic heterocycles. The van der Waals surface area contributed by atoms with Crippen molar-refractivity contribution >= 4 is 11.7 Å². The lowest BCUT2D eigenvalue weighted by Gasteiger charge is -2.15. The molecule has 0 fully saturated rings. The van der Waals surface area contributed by atoms with E-state index >= 15 is 0 Å². The molecule has 1 amide bonds. The van der Waals surface area contributed by atoms with E-state index in [1.165, 1.54) is 0 Å². The molecule has 6 nitrogen and oxygen atoms in total. The Morgan fingerprint density at radius 3 is 2.60 bits per heavy atom. The minimum atomic E-state index is -0.0505. The highest BCUT2D eigenvalue weighted by Gasteiger charge is 2.10. The van der Waals surface area contributed by atoms with Crippen LogP contribution < -0.4 is 11.1 Å². The first kappa shape index (κ1) is 16.0. The number of carbonyl (C=O) groups is 1. The Labute approximate surface area is 118 Å². The average Bonchev–Trinajstić information content (AvgIpc) is 2.46. The summed E-state index contributed by atoms with van der Waals surface area (Å²) < 4.78 is 5.03. The van der Waals surface area contributed by atoms with Crippen molar-refractivity contribution in [2.75, 3.05) is 13.7 Å². The first-order valence-electron chi connectivity index (χ1n) is 6.45. The van der Waals surface area contributed by atoms with E-state index in [1.807, 2.05) is 6.92 Å². The Morgan fingerprint density at radius 1 is 1.45 bits per heavy atom. The number of amides is 1. The topological polar surface area (TPSA) is 96.9 Å². The van der Waals surface area contributed by atoms with Gasteiger partial charge in [0.2, 0.25) is 5.91 Å². The molecule has 0 aliphatic heterocycles. The van der Waals surface area contributed by atoms with Crippen LogP contribution in [0.15, 0.2) is 29.4 Å². The number of nitrogens with one attached hydrogen (secondary N) is 1. The number of hydrogen-bond acceptors (Lipinski definition) is 4. The van der Waals surface area contributed by atoms with E-state index in [0.717, 1.165) is 12.0 Å². The average molecular weight is 279 g/mol. The van der Waals surface area contributed by atoms with Crippen LogP contribution in [0.25, 0.3) is 0 Å². The van der Waals surface area contributed by atoms with E-state index in [-0.39, 0.29) is 24.2 Å². The molecular formula is C14H21N3O3. The number of carbonyl (C=O) groups excluding carboxylic acids is 1. The van der Waals surface area contributed by atoms with Gasteiger partial charge in [0, 0.05) is 12.7 Å². The third-order valence-corrected chi connectivity index (χ3v) is 2.95. The number of hydrogen-bond donors (Lipinski definition) is 3. The maximum Gasteiger partial charge on any atom is 0.224 e. The quantitative estimate of drug-likeness (QED) is 0.298. The van der Waals surface area contributed by atoms with Crippen molar-refractivity contribution in [3.8, 4) is 0 Å². The molecule has 0 heterocycles. The molecule has 1 aromatic carbocycles. The second-order valence-corrected chi connectivity index (χ2v) is 4.49. The fourth-order valence-electron chi connectivity index (χ4n) is 1.78. The molecule has 0 spiro atoms. The number of benzene rings is 1. The van der Waals surface area contributed by atoms with E-state index in [1.54, 1.807) is 31.4 Å². The minimum absolute atomic E-state index is 0.0314. The Kier molecular flexibility index (Phi) is 6.52. The number of rotatable bonds is 7. The molecule has 0 bridgehead atoms. The van der Waals surface area contributed by atoms with Gasteiger partial charge < -0.3 is 21.0 Å². The summed E-state index contributed by atoms with van der Waals surface area (Å²) in [6.07, 6.45) is 1.11. The second-order valence-electron chi connectivity index (χ2n) is 4.49. The maximum absolute atomic E-state index is 11.9. The van der Waals surface area contributed by atoms with Gasteiger partial charge in [-0.2, -0.15) is 0 Å². The van der Waals surface area contributed by atoms with Gasteiger partial charge in [-0.15, -0.1) is 0 Å². The molecule has 0 aliphatic carbocycles. The fourth-order valence-corrected chi connectivity index (χ4v) is 1.78. The van der Waals surface area contributed by atoms with Crippen molar-refractivity contribution in [1.82, 2.24) is 5.32 Å². The van der Waals surface area contributed by atoms with E-state index in [9.17, 15) is 4.79 Å². The summed E-state index contributed by atoms with van der Waals surface area (Å²) in [4.78, 5) is 11.9. The molecule has 1 atom stereocenters. The molecule has 1 unspecified atom stereocenters. The van der Waals surface area contributed by atoms with Crippen molar-refractivity contribution in [1.29, 1.82) is 0 Å². The molecule has 6 heteroatoms. The summed E-state index contributed by atoms with van der Waals surface area (Å²) >= 11 is 0. The van der Waals surface area contributed by atoms with Crippen LogP contribution in [-0.2, 0) is 16.0 Å². The van der Waals surface area contributed by atoms with Crippen molar-refractivity contribution in [2.45, 2.75) is 25.8 Å². The second kappa shape index (κ2) is 8.16. The highest BCUT2D eigenvalue weighted by Crippen LogP contribution is 2.05. The van der Waals surface area contributed by atoms with Crippen LogP contribution in [0.5, 0.6) is 0 Å². The molecule has 0 saturated heterocycles. The van der Waals surface area contributed by atoms with Gasteiger partial charge in [0.15, 0.2) is 5.84 Å². The van der Waals surface area contributed by atoms with Crippen LogP contribution in [0.2, 0.25) is 0 Å². The number of ether oxygens (including phenoxy) is 1. The van der Waals surface area contributed by atoms with Gasteiger partial charge in [0.25, 0.3) is 0 Å². The zero-order valence-electron chi connectivity index (χ0n) is 11.8. The lowest BCUT2D eigenvalue weighted by Crippen LogP contribution is -2.38.